The van der Waals surface area contributed by atoms with E-state index in [0.29, 0.717) is 136 Å². The van der Waals surface area contributed by atoms with E-state index < -0.39 is 29.8 Å². The second-order valence-corrected chi connectivity index (χ2v) is 19.6. The highest BCUT2D eigenvalue weighted by Crippen LogP contribution is 2.06. The predicted molar refractivity (Wildman–Crippen MR) is 287 cm³/mol. The SMILES string of the molecule is C=O.CC(C)CCCNC(=O)CN1CCN(CC=O)CCN(CC(=O)O)CCN(CC(=O)O)CC1.CC(C)CCNC(=O)CCCCCNCN1CCN(CC(=O)O)CCN(CC(=O)O)CCN(CC(=O)O)CC1.CO. The third-order valence-electron chi connectivity index (χ3n) is 12.3. The van der Waals surface area contributed by atoms with Crippen LogP contribution in [0.25, 0.3) is 0 Å². The lowest BCUT2D eigenvalue weighted by molar-refractivity contribution is -0.140. The predicted octanol–water partition coefficient (Wildman–Crippen LogP) is -1.72. The van der Waals surface area contributed by atoms with Gasteiger partial charge in [-0.05, 0) is 50.5 Å². The zero-order valence-electron chi connectivity index (χ0n) is 46.4. The van der Waals surface area contributed by atoms with Gasteiger partial charge in [0.15, 0.2) is 0 Å². The summed E-state index contributed by atoms with van der Waals surface area (Å²) in [5, 5.41) is 62.7. The molecule has 2 heterocycles. The van der Waals surface area contributed by atoms with Crippen LogP contribution >= 0.6 is 0 Å². The molecule has 0 aliphatic carbocycles. The first kappa shape index (κ1) is 73.3. The number of aliphatic hydroxyl groups excluding tert-OH is 1. The van der Waals surface area contributed by atoms with Crippen molar-refractivity contribution in [3.63, 3.8) is 0 Å². The molecule has 2 aliphatic heterocycles. The van der Waals surface area contributed by atoms with Crippen LogP contribution in [0.4, 0.5) is 0 Å². The number of carbonyl (C=O) groups excluding carboxylic acids is 4. The van der Waals surface area contributed by atoms with Gasteiger partial charge in [-0.2, -0.15) is 0 Å². The van der Waals surface area contributed by atoms with Crippen LogP contribution in [0.2, 0.25) is 0 Å². The molecule has 76 heavy (non-hydrogen) atoms. The fraction of sp³-hybridized carbons (Fsp3) is 0.820. The fourth-order valence-electron chi connectivity index (χ4n) is 8.04. The quantitative estimate of drug-likeness (QED) is 0.0297. The molecule has 2 amide bonds. The summed E-state index contributed by atoms with van der Waals surface area (Å²) in [6, 6.07) is 0. The number of nitrogens with zero attached hydrogens (tertiary/aromatic N) is 8. The molecular formula is C50H97N11O15. The maximum Gasteiger partial charge on any atom is 0.317 e. The zero-order chi connectivity index (χ0) is 57.7. The van der Waals surface area contributed by atoms with Crippen molar-refractivity contribution >= 4 is 54.7 Å². The molecule has 26 heteroatoms. The van der Waals surface area contributed by atoms with Crippen LogP contribution in [-0.4, -0.2) is 309 Å². The standard InChI is InChI=1S/C26H50N6O7.C22H41N5O6.CH4O.CH2O/c1-22(2)7-9-28-23(33)6-4-3-5-8-27-21-32-16-14-30(19-25(36)37)12-10-29(18-24(34)35)11-13-31(15-17-32)20-26(38)39;1-19(2)4-3-5-23-20(29)16-25-8-6-24(14-15-28)7-9-26(17-21(30)31)12-13-27(11-10-25)18-22(32)33;2*1-2/h22,27H,3-21H2,1-2H3,(H,28,33)(H,34,35)(H,36,37)(H,38,39);15,19H,3-14,16-18H2,1-2H3,(H,23,29)(H,30,31)(H,32,33);2H,1H3;1H2. The molecule has 0 unspecified atom stereocenters. The summed E-state index contributed by atoms with van der Waals surface area (Å²) in [7, 11) is 1.00. The van der Waals surface area contributed by atoms with Crippen molar-refractivity contribution in [1.82, 2.24) is 55.1 Å². The van der Waals surface area contributed by atoms with E-state index in [1.807, 2.05) is 26.4 Å². The molecule has 0 radical (unpaired) electrons. The number of hydrogen-bond acceptors (Lipinski definition) is 19. The molecule has 2 saturated heterocycles. The lowest BCUT2D eigenvalue weighted by Gasteiger charge is -2.33. The molecule has 0 aromatic rings. The highest BCUT2D eigenvalue weighted by Gasteiger charge is 2.22. The van der Waals surface area contributed by atoms with Gasteiger partial charge >= 0.3 is 29.8 Å². The second kappa shape index (κ2) is 47.4. The largest absolute Gasteiger partial charge is 0.480 e. The average molecular weight is 1090 g/mol. The van der Waals surface area contributed by atoms with E-state index in [1.54, 1.807) is 14.7 Å². The Balaban J connectivity index is 0. The number of nitrogens with one attached hydrogen (secondary N) is 3. The molecule has 0 aromatic heterocycles. The van der Waals surface area contributed by atoms with Crippen LogP contribution in [-0.2, 0) is 43.2 Å². The van der Waals surface area contributed by atoms with Gasteiger partial charge in [0, 0.05) is 138 Å². The van der Waals surface area contributed by atoms with Gasteiger partial charge in [-0.15, -0.1) is 0 Å². The van der Waals surface area contributed by atoms with Gasteiger partial charge < -0.3 is 56.2 Å². The van der Waals surface area contributed by atoms with Gasteiger partial charge in [-0.25, -0.2) is 0 Å². The third kappa shape index (κ3) is 44.4. The lowest BCUT2D eigenvalue weighted by Crippen LogP contribution is -2.49. The Hall–Kier alpha value is -4.77. The maximum atomic E-state index is 12.5. The molecule has 0 saturated carbocycles. The van der Waals surface area contributed by atoms with Crippen LogP contribution in [0.15, 0.2) is 0 Å². The number of aliphatic carboxylic acids is 5. The Morgan fingerprint density at radius 3 is 1.09 bits per heavy atom. The van der Waals surface area contributed by atoms with Gasteiger partial charge in [0.05, 0.1) is 45.8 Å². The first-order valence-corrected chi connectivity index (χ1v) is 26.5. The van der Waals surface area contributed by atoms with Gasteiger partial charge in [-0.3, -0.25) is 72.8 Å². The molecule has 0 atom stereocenters. The number of unbranched alkanes of at least 4 members (excludes halogenated alkanes) is 2. The number of rotatable bonds is 29. The molecule has 2 rings (SSSR count). The molecule has 0 spiro atoms. The minimum absolute atomic E-state index is 0.0646. The number of carboxylic acids is 5. The molecule has 0 bridgehead atoms. The van der Waals surface area contributed by atoms with E-state index in [2.05, 4.69) is 48.5 Å². The second-order valence-electron chi connectivity index (χ2n) is 19.6. The van der Waals surface area contributed by atoms with Gasteiger partial charge in [0.1, 0.15) is 13.1 Å². The number of carboxylic acid groups (broad SMARTS) is 5. The minimum atomic E-state index is -0.973. The number of amides is 2. The Morgan fingerprint density at radius 1 is 0.421 bits per heavy atom. The van der Waals surface area contributed by atoms with Crippen LogP contribution in [0.3, 0.4) is 0 Å². The summed E-state index contributed by atoms with van der Waals surface area (Å²) < 4.78 is 0. The Morgan fingerprint density at radius 2 is 0.750 bits per heavy atom. The zero-order valence-corrected chi connectivity index (χ0v) is 46.4. The minimum Gasteiger partial charge on any atom is -0.480 e. The number of hydrogen-bond donors (Lipinski definition) is 9. The van der Waals surface area contributed by atoms with Crippen molar-refractivity contribution in [1.29, 1.82) is 0 Å². The number of aliphatic hydroxyl groups is 1. The first-order chi connectivity index (χ1) is 36.2. The monoisotopic (exact) mass is 1090 g/mol. The van der Waals surface area contributed by atoms with E-state index in [1.165, 1.54) is 0 Å². The van der Waals surface area contributed by atoms with Crippen molar-refractivity contribution in [2.24, 2.45) is 11.8 Å². The van der Waals surface area contributed by atoms with Crippen LogP contribution in [0, 0.1) is 11.8 Å². The van der Waals surface area contributed by atoms with Crippen LogP contribution in [0.1, 0.15) is 72.6 Å². The van der Waals surface area contributed by atoms with Crippen LogP contribution < -0.4 is 16.0 Å². The molecule has 26 nitrogen and oxygen atoms in total. The van der Waals surface area contributed by atoms with E-state index in [4.69, 9.17) is 9.90 Å². The van der Waals surface area contributed by atoms with E-state index in [0.717, 1.165) is 65.0 Å². The van der Waals surface area contributed by atoms with Crippen molar-refractivity contribution < 1.29 is 73.8 Å². The van der Waals surface area contributed by atoms with Gasteiger partial charge in [0.25, 0.3) is 0 Å². The number of aldehydes is 1. The Kier molecular flexibility index (Phi) is 45.8. The summed E-state index contributed by atoms with van der Waals surface area (Å²) in [5.74, 6) is -3.53. The highest BCUT2D eigenvalue weighted by atomic mass is 16.4. The average Bonchev–Trinajstić information content (AvgIpc) is 3.34. The van der Waals surface area contributed by atoms with Gasteiger partial charge in [-0.1, -0.05) is 34.1 Å². The summed E-state index contributed by atoms with van der Waals surface area (Å²) in [4.78, 5) is 115. The topological polar surface area (TPSA) is 337 Å². The van der Waals surface area contributed by atoms with E-state index in [-0.39, 0.29) is 57.6 Å². The van der Waals surface area contributed by atoms with Crippen molar-refractivity contribution in [3.8, 4) is 0 Å². The van der Waals surface area contributed by atoms with Gasteiger partial charge in [0.2, 0.25) is 11.8 Å². The van der Waals surface area contributed by atoms with E-state index in [9.17, 15) is 63.9 Å². The Bertz CT molecular complexity index is 1570. The lowest BCUT2D eigenvalue weighted by atomic mass is 10.1. The third-order valence-corrected chi connectivity index (χ3v) is 12.3. The molecule has 9 N–H and O–H groups in total. The summed E-state index contributed by atoms with van der Waals surface area (Å²) in [6.45, 7) is 20.6. The summed E-state index contributed by atoms with van der Waals surface area (Å²) in [6.07, 6.45) is 7.03. The first-order valence-electron chi connectivity index (χ1n) is 26.5. The van der Waals surface area contributed by atoms with Crippen LogP contribution in [0.5, 0.6) is 0 Å². The fourth-order valence-corrected chi connectivity index (χ4v) is 8.04. The maximum absolute atomic E-state index is 12.5. The normalized spacial score (nSPS) is 17.1. The molecule has 442 valence electrons. The summed E-state index contributed by atoms with van der Waals surface area (Å²) >= 11 is 0. The van der Waals surface area contributed by atoms with E-state index >= 15 is 0 Å². The van der Waals surface area contributed by atoms with Crippen molar-refractivity contribution in [2.45, 2.75) is 72.6 Å². The smallest absolute Gasteiger partial charge is 0.317 e. The molecule has 0 aromatic carbocycles. The highest BCUT2D eigenvalue weighted by molar-refractivity contribution is 5.78. The van der Waals surface area contributed by atoms with Crippen molar-refractivity contribution in [3.05, 3.63) is 0 Å². The van der Waals surface area contributed by atoms with Crippen molar-refractivity contribution in [2.75, 3.05) is 184 Å². The molecule has 2 aliphatic rings. The Labute approximate surface area is 451 Å². The molecular weight excluding hydrogens is 995 g/mol. The summed E-state index contributed by atoms with van der Waals surface area (Å²) in [5.41, 5.74) is 0. The number of carbonyl (C=O) groups is 9. The molecule has 2 fully saturated rings.